The van der Waals surface area contributed by atoms with Crippen molar-refractivity contribution in [3.05, 3.63) is 28.3 Å². The van der Waals surface area contributed by atoms with Crippen LogP contribution in [0, 0.1) is 0 Å². The zero-order valence-electron chi connectivity index (χ0n) is 9.42. The molecule has 0 bridgehead atoms. The molecule has 0 saturated carbocycles. The molecule has 0 spiro atoms. The van der Waals surface area contributed by atoms with Gasteiger partial charge < -0.3 is 14.6 Å². The van der Waals surface area contributed by atoms with Crippen LogP contribution in [0.15, 0.2) is 12.1 Å². The third-order valence-electron chi connectivity index (χ3n) is 2.84. The highest BCUT2D eigenvalue weighted by Gasteiger charge is 2.29. The van der Waals surface area contributed by atoms with Crippen LogP contribution in [0.2, 0.25) is 5.02 Å². The summed E-state index contributed by atoms with van der Waals surface area (Å²) in [6.07, 6.45) is 0. The minimum atomic E-state index is -0.396. The van der Waals surface area contributed by atoms with Crippen molar-refractivity contribution >= 4 is 11.6 Å². The first-order valence-electron chi connectivity index (χ1n) is 5.19. The Morgan fingerprint density at radius 1 is 1.44 bits per heavy atom. The summed E-state index contributed by atoms with van der Waals surface area (Å²) in [6, 6.07) is 3.65. The first-order valence-corrected chi connectivity index (χ1v) is 5.57. The molecule has 1 aliphatic rings. The molecule has 0 radical (unpaired) electrons. The lowest BCUT2D eigenvalue weighted by molar-refractivity contribution is -0.0175. The van der Waals surface area contributed by atoms with E-state index in [1.165, 1.54) is 0 Å². The second-order valence-electron chi connectivity index (χ2n) is 4.55. The van der Waals surface area contributed by atoms with Crippen molar-refractivity contribution in [2.75, 3.05) is 13.4 Å². The average Bonchev–Trinajstić information content (AvgIpc) is 2.28. The molecule has 0 amide bonds. The molecule has 0 fully saturated rings. The number of halogens is 1. The number of aliphatic hydroxyl groups is 1. The van der Waals surface area contributed by atoms with Gasteiger partial charge in [0.05, 0.1) is 13.2 Å². The fourth-order valence-corrected chi connectivity index (χ4v) is 2.37. The number of hydrogen-bond acceptors (Lipinski definition) is 3. The molecule has 1 heterocycles. The molecule has 0 aliphatic carbocycles. The monoisotopic (exact) mass is 242 g/mol. The van der Waals surface area contributed by atoms with Crippen molar-refractivity contribution < 1.29 is 14.6 Å². The SMILES string of the molecule is CC(C)(CO)c1c(Cl)ccc2c1COCO2. The van der Waals surface area contributed by atoms with E-state index in [9.17, 15) is 5.11 Å². The van der Waals surface area contributed by atoms with Crippen LogP contribution in [0.1, 0.15) is 25.0 Å². The van der Waals surface area contributed by atoms with E-state index in [0.29, 0.717) is 11.6 Å². The fourth-order valence-electron chi connectivity index (χ4n) is 1.94. The first kappa shape index (κ1) is 11.7. The van der Waals surface area contributed by atoms with Crippen LogP contribution in [0.25, 0.3) is 0 Å². The van der Waals surface area contributed by atoms with Crippen molar-refractivity contribution in [1.82, 2.24) is 0 Å². The molecule has 1 aromatic carbocycles. The van der Waals surface area contributed by atoms with Gasteiger partial charge in [-0.1, -0.05) is 25.4 Å². The standard InChI is InChI=1S/C12H15ClO3/c1-12(2,6-14)11-8-5-15-7-16-10(8)4-3-9(11)13/h3-4,14H,5-7H2,1-2H3. The van der Waals surface area contributed by atoms with E-state index in [2.05, 4.69) is 0 Å². The van der Waals surface area contributed by atoms with Crippen LogP contribution in [-0.2, 0) is 16.8 Å². The molecule has 1 aliphatic heterocycles. The third-order valence-corrected chi connectivity index (χ3v) is 3.15. The van der Waals surface area contributed by atoms with Crippen LogP contribution in [-0.4, -0.2) is 18.5 Å². The van der Waals surface area contributed by atoms with Gasteiger partial charge in [-0.05, 0) is 17.7 Å². The third kappa shape index (κ3) is 1.90. The summed E-state index contributed by atoms with van der Waals surface area (Å²) in [5.41, 5.74) is 1.46. The topological polar surface area (TPSA) is 38.7 Å². The van der Waals surface area contributed by atoms with Gasteiger partial charge in [-0.3, -0.25) is 0 Å². The largest absolute Gasteiger partial charge is 0.467 e. The van der Waals surface area contributed by atoms with E-state index in [1.54, 1.807) is 6.07 Å². The summed E-state index contributed by atoms with van der Waals surface area (Å²) in [7, 11) is 0. The number of fused-ring (bicyclic) bond motifs is 1. The molecule has 1 aromatic rings. The van der Waals surface area contributed by atoms with Crippen molar-refractivity contribution in [1.29, 1.82) is 0 Å². The second kappa shape index (κ2) is 4.24. The van der Waals surface area contributed by atoms with E-state index in [0.717, 1.165) is 16.9 Å². The van der Waals surface area contributed by atoms with Crippen molar-refractivity contribution in [3.63, 3.8) is 0 Å². The Kier molecular flexibility index (Phi) is 3.10. The van der Waals surface area contributed by atoms with Gasteiger partial charge in [0.25, 0.3) is 0 Å². The maximum absolute atomic E-state index is 9.43. The zero-order valence-corrected chi connectivity index (χ0v) is 10.2. The van der Waals surface area contributed by atoms with Crippen molar-refractivity contribution in [2.45, 2.75) is 25.9 Å². The Bertz CT molecular complexity index is 401. The molecule has 0 saturated heterocycles. The lowest BCUT2D eigenvalue weighted by Gasteiger charge is -2.30. The predicted octanol–water partition coefficient (Wildman–Crippen LogP) is 2.48. The second-order valence-corrected chi connectivity index (χ2v) is 4.96. The molecule has 0 unspecified atom stereocenters. The molecule has 1 N–H and O–H groups in total. The molecular weight excluding hydrogens is 228 g/mol. The molecule has 0 aromatic heterocycles. The average molecular weight is 243 g/mol. The summed E-state index contributed by atoms with van der Waals surface area (Å²) in [5, 5.41) is 10.1. The maximum atomic E-state index is 9.43. The Morgan fingerprint density at radius 3 is 2.88 bits per heavy atom. The Balaban J connectivity index is 2.58. The summed E-state index contributed by atoms with van der Waals surface area (Å²) in [4.78, 5) is 0. The molecule has 0 atom stereocenters. The van der Waals surface area contributed by atoms with Crippen LogP contribution in [0.5, 0.6) is 5.75 Å². The molecule has 4 heteroatoms. The fraction of sp³-hybridized carbons (Fsp3) is 0.500. The number of rotatable bonds is 2. The summed E-state index contributed by atoms with van der Waals surface area (Å²) in [6.45, 7) is 4.68. The molecular formula is C12H15ClO3. The van der Waals surface area contributed by atoms with E-state index < -0.39 is 5.41 Å². The van der Waals surface area contributed by atoms with Gasteiger partial charge in [-0.2, -0.15) is 0 Å². The molecule has 2 rings (SSSR count). The number of ether oxygens (including phenoxy) is 2. The Morgan fingerprint density at radius 2 is 2.19 bits per heavy atom. The van der Waals surface area contributed by atoms with Crippen LogP contribution in [0.3, 0.4) is 0 Å². The number of hydrogen-bond donors (Lipinski definition) is 1. The van der Waals surface area contributed by atoms with Gasteiger partial charge >= 0.3 is 0 Å². The maximum Gasteiger partial charge on any atom is 0.189 e. The summed E-state index contributed by atoms with van der Waals surface area (Å²) >= 11 is 6.20. The highest BCUT2D eigenvalue weighted by atomic mass is 35.5. The Labute approximate surface area is 99.9 Å². The van der Waals surface area contributed by atoms with Crippen molar-refractivity contribution in [3.8, 4) is 5.75 Å². The zero-order chi connectivity index (χ0) is 11.8. The van der Waals surface area contributed by atoms with E-state index in [1.807, 2.05) is 19.9 Å². The lowest BCUT2D eigenvalue weighted by atomic mass is 9.82. The van der Waals surface area contributed by atoms with Crippen molar-refractivity contribution in [2.24, 2.45) is 0 Å². The highest BCUT2D eigenvalue weighted by Crippen LogP contribution is 2.39. The van der Waals surface area contributed by atoms with E-state index in [4.69, 9.17) is 21.1 Å². The summed E-state index contributed by atoms with van der Waals surface area (Å²) < 4.78 is 10.7. The smallest absolute Gasteiger partial charge is 0.189 e. The molecule has 88 valence electrons. The Hall–Kier alpha value is -0.770. The number of aliphatic hydroxyl groups excluding tert-OH is 1. The van der Waals surface area contributed by atoms with Gasteiger partial charge in [-0.15, -0.1) is 0 Å². The molecule has 3 nitrogen and oxygen atoms in total. The van der Waals surface area contributed by atoms with Gasteiger partial charge in [0.1, 0.15) is 5.75 Å². The lowest BCUT2D eigenvalue weighted by Crippen LogP contribution is -2.26. The quantitative estimate of drug-likeness (QED) is 0.866. The molecule has 16 heavy (non-hydrogen) atoms. The van der Waals surface area contributed by atoms with Crippen LogP contribution < -0.4 is 4.74 Å². The predicted molar refractivity (Wildman–Crippen MR) is 61.8 cm³/mol. The normalized spacial score (nSPS) is 15.5. The van der Waals surface area contributed by atoms with Gasteiger partial charge in [0.15, 0.2) is 6.79 Å². The van der Waals surface area contributed by atoms with E-state index in [-0.39, 0.29) is 13.4 Å². The first-order chi connectivity index (χ1) is 7.56. The highest BCUT2D eigenvalue weighted by molar-refractivity contribution is 6.31. The minimum absolute atomic E-state index is 0.0309. The van der Waals surface area contributed by atoms with Crippen LogP contribution in [0.4, 0.5) is 0 Å². The summed E-state index contributed by atoms with van der Waals surface area (Å²) in [5.74, 6) is 0.798. The minimum Gasteiger partial charge on any atom is -0.467 e. The van der Waals surface area contributed by atoms with Crippen LogP contribution >= 0.6 is 11.6 Å². The van der Waals surface area contributed by atoms with Gasteiger partial charge in [0, 0.05) is 16.0 Å². The van der Waals surface area contributed by atoms with E-state index >= 15 is 0 Å². The number of benzene rings is 1. The van der Waals surface area contributed by atoms with Gasteiger partial charge in [0.2, 0.25) is 0 Å². The van der Waals surface area contributed by atoms with Gasteiger partial charge in [-0.25, -0.2) is 0 Å².